The van der Waals surface area contributed by atoms with E-state index in [0.29, 0.717) is 6.10 Å². The first kappa shape index (κ1) is 18.8. The van der Waals surface area contributed by atoms with Crippen molar-refractivity contribution < 1.29 is 4.74 Å². The van der Waals surface area contributed by atoms with Crippen molar-refractivity contribution in [2.75, 3.05) is 32.8 Å². The highest BCUT2D eigenvalue weighted by Crippen LogP contribution is 2.42. The molecule has 0 radical (unpaired) electrons. The van der Waals surface area contributed by atoms with Crippen LogP contribution >= 0.6 is 11.3 Å². The first-order chi connectivity index (χ1) is 13.8. The molecule has 3 aliphatic rings. The van der Waals surface area contributed by atoms with E-state index < -0.39 is 0 Å². The summed E-state index contributed by atoms with van der Waals surface area (Å²) in [5.41, 5.74) is 2.86. The standard InChI is InChI=1S/C22H32N4OS/c1-2-10-26-11-7-18-21(24-16-23-18)22(26)8-12-25(13-9-22)15-17-5-6-20(28-17)19-4-3-14-27-19/h5-6,16,19H,2-4,7-15H2,1H3,(H,23,24)/t19-/m0/s1. The average Bonchev–Trinajstić information content (AvgIpc) is 3.47. The molecule has 0 bridgehead atoms. The Labute approximate surface area is 172 Å². The summed E-state index contributed by atoms with van der Waals surface area (Å²) in [6.45, 7) is 8.95. The van der Waals surface area contributed by atoms with E-state index in [9.17, 15) is 0 Å². The van der Waals surface area contributed by atoms with Crippen LogP contribution in [0, 0.1) is 0 Å². The Hall–Kier alpha value is -1.21. The number of aromatic nitrogens is 2. The van der Waals surface area contributed by atoms with Gasteiger partial charge in [-0.05, 0) is 50.8 Å². The number of nitrogens with one attached hydrogen (secondary N) is 1. The summed E-state index contributed by atoms with van der Waals surface area (Å²) in [6, 6.07) is 4.61. The maximum Gasteiger partial charge on any atom is 0.0926 e. The molecule has 2 fully saturated rings. The highest BCUT2D eigenvalue weighted by molar-refractivity contribution is 7.12. The molecule has 28 heavy (non-hydrogen) atoms. The molecular formula is C22H32N4OS. The van der Waals surface area contributed by atoms with E-state index in [1.165, 1.54) is 66.3 Å². The van der Waals surface area contributed by atoms with Crippen LogP contribution in [0.15, 0.2) is 18.5 Å². The number of hydrogen-bond acceptors (Lipinski definition) is 5. The Morgan fingerprint density at radius 2 is 2.18 bits per heavy atom. The van der Waals surface area contributed by atoms with Crippen LogP contribution in [0.1, 0.15) is 66.3 Å². The molecule has 1 N–H and O–H groups in total. The molecule has 0 unspecified atom stereocenters. The summed E-state index contributed by atoms with van der Waals surface area (Å²) < 4.78 is 5.86. The van der Waals surface area contributed by atoms with Crippen LogP contribution in [0.3, 0.4) is 0 Å². The Bertz CT molecular complexity index is 786. The number of likely N-dealkylation sites (tertiary alicyclic amines) is 1. The number of thiophene rings is 1. The van der Waals surface area contributed by atoms with Crippen molar-refractivity contribution >= 4 is 11.3 Å². The van der Waals surface area contributed by atoms with E-state index in [-0.39, 0.29) is 5.54 Å². The summed E-state index contributed by atoms with van der Waals surface area (Å²) in [6.07, 6.45) is 9.36. The molecule has 1 atom stereocenters. The maximum absolute atomic E-state index is 5.86. The zero-order chi connectivity index (χ0) is 19.0. The third-order valence-electron chi connectivity index (χ3n) is 6.88. The third-order valence-corrected chi connectivity index (χ3v) is 8.04. The van der Waals surface area contributed by atoms with Crippen molar-refractivity contribution in [3.63, 3.8) is 0 Å². The largest absolute Gasteiger partial charge is 0.373 e. The third kappa shape index (κ3) is 3.34. The van der Waals surface area contributed by atoms with Crippen LogP contribution in [0.5, 0.6) is 0 Å². The second-order valence-corrected chi connectivity index (χ2v) is 9.78. The van der Waals surface area contributed by atoms with Crippen LogP contribution in [0.4, 0.5) is 0 Å². The number of aromatic amines is 1. The number of ether oxygens (including phenoxy) is 1. The van der Waals surface area contributed by atoms with Gasteiger partial charge in [0.2, 0.25) is 0 Å². The summed E-state index contributed by atoms with van der Waals surface area (Å²) >= 11 is 1.96. The number of fused-ring (bicyclic) bond motifs is 2. The minimum atomic E-state index is 0.151. The van der Waals surface area contributed by atoms with Gasteiger partial charge in [-0.1, -0.05) is 6.92 Å². The van der Waals surface area contributed by atoms with Gasteiger partial charge >= 0.3 is 0 Å². The highest BCUT2D eigenvalue weighted by Gasteiger charge is 2.46. The van der Waals surface area contributed by atoms with Gasteiger partial charge in [0.1, 0.15) is 0 Å². The van der Waals surface area contributed by atoms with Crippen molar-refractivity contribution in [2.24, 2.45) is 0 Å². The molecule has 3 aliphatic heterocycles. The lowest BCUT2D eigenvalue weighted by Gasteiger charge is -2.50. The second kappa shape index (κ2) is 7.90. The van der Waals surface area contributed by atoms with Crippen LogP contribution in [-0.4, -0.2) is 52.6 Å². The van der Waals surface area contributed by atoms with E-state index in [1.54, 1.807) is 0 Å². The van der Waals surface area contributed by atoms with Gasteiger partial charge in [0.05, 0.1) is 23.7 Å². The normalized spacial score (nSPS) is 25.4. The average molecular weight is 401 g/mol. The molecule has 0 amide bonds. The smallest absolute Gasteiger partial charge is 0.0926 e. The van der Waals surface area contributed by atoms with E-state index >= 15 is 0 Å². The second-order valence-electron chi connectivity index (χ2n) is 8.58. The predicted octanol–water partition coefficient (Wildman–Crippen LogP) is 4.08. The molecule has 5 heterocycles. The molecular weight excluding hydrogens is 368 g/mol. The molecule has 2 saturated heterocycles. The summed E-state index contributed by atoms with van der Waals surface area (Å²) in [4.78, 5) is 16.5. The lowest BCUT2D eigenvalue weighted by Crippen LogP contribution is -2.56. The Balaban J connectivity index is 1.27. The lowest BCUT2D eigenvalue weighted by molar-refractivity contribution is 0.00376. The van der Waals surface area contributed by atoms with Gasteiger partial charge in [-0.25, -0.2) is 4.98 Å². The Morgan fingerprint density at radius 3 is 2.96 bits per heavy atom. The van der Waals surface area contributed by atoms with E-state index in [2.05, 4.69) is 33.8 Å². The lowest BCUT2D eigenvalue weighted by atomic mass is 9.78. The molecule has 1 spiro atoms. The zero-order valence-electron chi connectivity index (χ0n) is 17.0. The van der Waals surface area contributed by atoms with Crippen LogP contribution < -0.4 is 0 Å². The van der Waals surface area contributed by atoms with Gasteiger partial charge in [-0.3, -0.25) is 9.80 Å². The van der Waals surface area contributed by atoms with E-state index in [4.69, 9.17) is 9.72 Å². The molecule has 0 aromatic carbocycles. The Kier molecular flexibility index (Phi) is 5.30. The van der Waals surface area contributed by atoms with Crippen molar-refractivity contribution in [3.05, 3.63) is 39.6 Å². The maximum atomic E-state index is 5.86. The SMILES string of the molecule is CCCN1CCc2[nH]cnc2C12CCN(Cc1ccc([C@@H]3CCCO3)s1)CC2. The first-order valence-electron chi connectivity index (χ1n) is 11.0. The minimum Gasteiger partial charge on any atom is -0.373 e. The van der Waals surface area contributed by atoms with Crippen LogP contribution in [0.2, 0.25) is 0 Å². The van der Waals surface area contributed by atoms with Crippen LogP contribution in [-0.2, 0) is 23.2 Å². The molecule has 5 nitrogen and oxygen atoms in total. The van der Waals surface area contributed by atoms with Crippen molar-refractivity contribution in [1.29, 1.82) is 0 Å². The number of H-pyrrole nitrogens is 1. The van der Waals surface area contributed by atoms with Crippen LogP contribution in [0.25, 0.3) is 0 Å². The fourth-order valence-corrected chi connectivity index (χ4v) is 6.57. The van der Waals surface area contributed by atoms with Crippen molar-refractivity contribution in [3.8, 4) is 0 Å². The summed E-state index contributed by atoms with van der Waals surface area (Å²) in [5, 5.41) is 0. The molecule has 152 valence electrons. The Morgan fingerprint density at radius 1 is 1.29 bits per heavy atom. The predicted molar refractivity (Wildman–Crippen MR) is 113 cm³/mol. The van der Waals surface area contributed by atoms with Gasteiger partial charge in [-0.2, -0.15) is 0 Å². The number of hydrogen-bond donors (Lipinski definition) is 1. The first-order valence-corrected chi connectivity index (χ1v) is 11.8. The van der Waals surface area contributed by atoms with E-state index in [1.807, 2.05) is 17.7 Å². The molecule has 2 aromatic rings. The fourth-order valence-electron chi connectivity index (χ4n) is 5.43. The fraction of sp³-hybridized carbons (Fsp3) is 0.682. The van der Waals surface area contributed by atoms with Gasteiger partial charge in [0.15, 0.2) is 0 Å². The summed E-state index contributed by atoms with van der Waals surface area (Å²) in [7, 11) is 0. The molecule has 0 aliphatic carbocycles. The number of imidazole rings is 1. The zero-order valence-corrected chi connectivity index (χ0v) is 17.8. The van der Waals surface area contributed by atoms with Gasteiger partial charge in [0, 0.05) is 54.7 Å². The number of rotatable bonds is 5. The molecule has 6 heteroatoms. The van der Waals surface area contributed by atoms with Gasteiger partial charge in [-0.15, -0.1) is 11.3 Å². The number of nitrogens with zero attached hydrogens (tertiary/aromatic N) is 3. The molecule has 5 rings (SSSR count). The van der Waals surface area contributed by atoms with Gasteiger partial charge in [0.25, 0.3) is 0 Å². The van der Waals surface area contributed by atoms with Gasteiger partial charge < -0.3 is 9.72 Å². The topological polar surface area (TPSA) is 44.4 Å². The van der Waals surface area contributed by atoms with Crippen molar-refractivity contribution in [2.45, 2.75) is 63.6 Å². The molecule has 0 saturated carbocycles. The summed E-state index contributed by atoms with van der Waals surface area (Å²) in [5.74, 6) is 0. The number of piperidine rings is 1. The highest BCUT2D eigenvalue weighted by atomic mass is 32.1. The minimum absolute atomic E-state index is 0.151. The quantitative estimate of drug-likeness (QED) is 0.821. The molecule has 2 aromatic heterocycles. The van der Waals surface area contributed by atoms with Crippen molar-refractivity contribution in [1.82, 2.24) is 19.8 Å². The van der Waals surface area contributed by atoms with E-state index in [0.717, 1.165) is 32.7 Å². The monoisotopic (exact) mass is 400 g/mol.